The smallest absolute Gasteiger partial charge is 0.117 e. The average Bonchev–Trinajstić information content (AvgIpc) is 2.16. The molecule has 0 aliphatic heterocycles. The molecular weight excluding hydrogens is 160 g/mol. The van der Waals surface area contributed by atoms with Crippen molar-refractivity contribution in [2.24, 2.45) is 0 Å². The van der Waals surface area contributed by atoms with Crippen LogP contribution < -0.4 is 0 Å². The first-order chi connectivity index (χ1) is 6.31. The first-order valence-electron chi connectivity index (χ1n) is 3.99. The van der Waals surface area contributed by atoms with Gasteiger partial charge in [0.05, 0.1) is 0 Å². The molecule has 1 heteroatoms. The van der Waals surface area contributed by atoms with E-state index < -0.39 is 0 Å². The highest BCUT2D eigenvalue weighted by Crippen LogP contribution is 2.23. The molecule has 2 aromatic rings. The second-order valence-corrected chi connectivity index (χ2v) is 2.86. The van der Waals surface area contributed by atoms with Crippen LogP contribution in [0.15, 0.2) is 36.4 Å². The van der Waals surface area contributed by atoms with Crippen molar-refractivity contribution in [3.8, 4) is 18.1 Å². The minimum Gasteiger partial charge on any atom is -0.508 e. The largest absolute Gasteiger partial charge is 0.508 e. The van der Waals surface area contributed by atoms with Crippen LogP contribution in [0.1, 0.15) is 5.56 Å². The van der Waals surface area contributed by atoms with Crippen molar-refractivity contribution in [3.63, 3.8) is 0 Å². The van der Waals surface area contributed by atoms with Gasteiger partial charge in [-0.05, 0) is 22.9 Å². The fourth-order valence-electron chi connectivity index (χ4n) is 1.41. The lowest BCUT2D eigenvalue weighted by Crippen LogP contribution is -1.78. The third kappa shape index (κ3) is 1.23. The lowest BCUT2D eigenvalue weighted by atomic mass is 10.0. The van der Waals surface area contributed by atoms with Gasteiger partial charge in [-0.25, -0.2) is 0 Å². The van der Waals surface area contributed by atoms with Gasteiger partial charge < -0.3 is 5.11 Å². The number of rotatable bonds is 0. The van der Waals surface area contributed by atoms with Gasteiger partial charge in [-0.2, -0.15) is 0 Å². The predicted octanol–water partition coefficient (Wildman–Crippen LogP) is 2.53. The van der Waals surface area contributed by atoms with Crippen molar-refractivity contribution in [1.82, 2.24) is 0 Å². The molecule has 0 bridgehead atoms. The van der Waals surface area contributed by atoms with Crippen LogP contribution in [0.3, 0.4) is 0 Å². The number of terminal acetylenes is 1. The topological polar surface area (TPSA) is 20.2 Å². The highest BCUT2D eigenvalue weighted by molar-refractivity contribution is 5.89. The van der Waals surface area contributed by atoms with E-state index in [-0.39, 0.29) is 5.75 Å². The molecule has 0 unspecified atom stereocenters. The molecule has 1 nitrogen and oxygen atoms in total. The Balaban J connectivity index is 2.91. The van der Waals surface area contributed by atoms with E-state index in [9.17, 15) is 5.11 Å². The van der Waals surface area contributed by atoms with E-state index in [0.29, 0.717) is 0 Å². The number of benzene rings is 2. The highest BCUT2D eigenvalue weighted by Gasteiger charge is 1.99. The molecular formula is C12H8O. The van der Waals surface area contributed by atoms with Crippen molar-refractivity contribution in [3.05, 3.63) is 42.0 Å². The van der Waals surface area contributed by atoms with E-state index in [1.807, 2.05) is 24.3 Å². The molecule has 0 saturated heterocycles. The third-order valence-corrected chi connectivity index (χ3v) is 2.00. The Morgan fingerprint density at radius 1 is 1.15 bits per heavy atom. The van der Waals surface area contributed by atoms with Crippen LogP contribution in [0.4, 0.5) is 0 Å². The molecule has 0 atom stereocenters. The summed E-state index contributed by atoms with van der Waals surface area (Å²) in [6, 6.07) is 11.0. The van der Waals surface area contributed by atoms with Crippen LogP contribution in [0, 0.1) is 12.3 Å². The minimum absolute atomic E-state index is 0.214. The minimum atomic E-state index is 0.214. The summed E-state index contributed by atoms with van der Waals surface area (Å²) in [6.45, 7) is 0. The van der Waals surface area contributed by atoms with Crippen LogP contribution in [0.2, 0.25) is 0 Å². The molecule has 0 aliphatic carbocycles. The molecule has 0 radical (unpaired) electrons. The lowest BCUT2D eigenvalue weighted by Gasteiger charge is -2.01. The number of hydrogen-bond donors (Lipinski definition) is 1. The Hall–Kier alpha value is -1.94. The first kappa shape index (κ1) is 7.70. The molecule has 1 N–H and O–H groups in total. The van der Waals surface area contributed by atoms with E-state index in [1.54, 1.807) is 12.1 Å². The van der Waals surface area contributed by atoms with Crippen LogP contribution in [-0.4, -0.2) is 5.11 Å². The van der Waals surface area contributed by atoms with E-state index in [4.69, 9.17) is 6.42 Å². The second kappa shape index (κ2) is 2.84. The Kier molecular flexibility index (Phi) is 1.68. The second-order valence-electron chi connectivity index (χ2n) is 2.86. The first-order valence-corrected chi connectivity index (χ1v) is 3.99. The maximum Gasteiger partial charge on any atom is 0.117 e. The number of fused-ring (bicyclic) bond motifs is 1. The van der Waals surface area contributed by atoms with Gasteiger partial charge in [-0.1, -0.05) is 30.2 Å². The van der Waals surface area contributed by atoms with Gasteiger partial charge in [0, 0.05) is 5.56 Å². The zero-order valence-corrected chi connectivity index (χ0v) is 6.99. The quantitative estimate of drug-likeness (QED) is 0.599. The third-order valence-electron chi connectivity index (χ3n) is 2.00. The van der Waals surface area contributed by atoms with Crippen molar-refractivity contribution in [2.75, 3.05) is 0 Å². The summed E-state index contributed by atoms with van der Waals surface area (Å²) < 4.78 is 0. The van der Waals surface area contributed by atoms with Gasteiger partial charge in [-0.3, -0.25) is 0 Å². The highest BCUT2D eigenvalue weighted by atomic mass is 16.3. The molecule has 0 heterocycles. The number of phenols is 1. The number of hydrogen-bond acceptors (Lipinski definition) is 1. The summed E-state index contributed by atoms with van der Waals surface area (Å²) in [7, 11) is 0. The maximum atomic E-state index is 9.35. The van der Waals surface area contributed by atoms with E-state index in [0.717, 1.165) is 16.3 Å². The summed E-state index contributed by atoms with van der Waals surface area (Å²) in [5, 5.41) is 11.3. The Morgan fingerprint density at radius 2 is 1.92 bits per heavy atom. The summed E-state index contributed by atoms with van der Waals surface area (Å²) in [4.78, 5) is 0. The Morgan fingerprint density at radius 3 is 2.69 bits per heavy atom. The van der Waals surface area contributed by atoms with Crippen LogP contribution in [0.5, 0.6) is 5.75 Å². The van der Waals surface area contributed by atoms with E-state index in [1.165, 1.54) is 0 Å². The van der Waals surface area contributed by atoms with Crippen LogP contribution >= 0.6 is 0 Å². The normalized spacial score (nSPS) is 9.77. The summed E-state index contributed by atoms with van der Waals surface area (Å²) in [5.74, 6) is 2.77. The molecule has 0 aliphatic rings. The molecule has 0 saturated carbocycles. The summed E-state index contributed by atoms with van der Waals surface area (Å²) in [6.07, 6.45) is 5.32. The fraction of sp³-hybridized carbons (Fsp3) is 0. The van der Waals surface area contributed by atoms with Crippen LogP contribution in [0.25, 0.3) is 10.8 Å². The molecule has 13 heavy (non-hydrogen) atoms. The average molecular weight is 168 g/mol. The van der Waals surface area contributed by atoms with Gasteiger partial charge in [0.15, 0.2) is 0 Å². The molecule has 2 aromatic carbocycles. The zero-order chi connectivity index (χ0) is 9.26. The summed E-state index contributed by atoms with van der Waals surface area (Å²) >= 11 is 0. The predicted molar refractivity (Wildman–Crippen MR) is 53.5 cm³/mol. The molecule has 2 rings (SSSR count). The monoisotopic (exact) mass is 168 g/mol. The van der Waals surface area contributed by atoms with Crippen LogP contribution in [-0.2, 0) is 0 Å². The SMILES string of the molecule is C#Cc1cc(O)cc2ccccc12. The van der Waals surface area contributed by atoms with Gasteiger partial charge in [0.25, 0.3) is 0 Å². The fourth-order valence-corrected chi connectivity index (χ4v) is 1.41. The van der Waals surface area contributed by atoms with Crippen molar-refractivity contribution in [1.29, 1.82) is 0 Å². The Bertz CT molecular complexity index is 492. The van der Waals surface area contributed by atoms with Crippen molar-refractivity contribution in [2.45, 2.75) is 0 Å². The van der Waals surface area contributed by atoms with Gasteiger partial charge in [-0.15, -0.1) is 6.42 Å². The molecule has 0 fully saturated rings. The van der Waals surface area contributed by atoms with Gasteiger partial charge in [0.2, 0.25) is 0 Å². The van der Waals surface area contributed by atoms with Gasteiger partial charge in [0.1, 0.15) is 5.75 Å². The van der Waals surface area contributed by atoms with Crippen molar-refractivity contribution >= 4 is 10.8 Å². The summed E-state index contributed by atoms with van der Waals surface area (Å²) in [5.41, 5.74) is 0.732. The van der Waals surface area contributed by atoms with Crippen molar-refractivity contribution < 1.29 is 5.11 Å². The molecule has 0 spiro atoms. The lowest BCUT2D eigenvalue weighted by molar-refractivity contribution is 0.476. The van der Waals surface area contributed by atoms with E-state index >= 15 is 0 Å². The molecule has 62 valence electrons. The number of aromatic hydroxyl groups is 1. The number of phenolic OH excluding ortho intramolecular Hbond substituents is 1. The molecule has 0 amide bonds. The molecule has 0 aromatic heterocycles. The van der Waals surface area contributed by atoms with Gasteiger partial charge >= 0.3 is 0 Å². The Labute approximate surface area is 76.6 Å². The maximum absolute atomic E-state index is 9.35. The van der Waals surface area contributed by atoms with E-state index in [2.05, 4.69) is 5.92 Å². The standard InChI is InChI=1S/C12H8O/c1-2-9-7-11(13)8-10-5-3-4-6-12(9)10/h1,3-8,13H. The zero-order valence-electron chi connectivity index (χ0n) is 6.99.